The topological polar surface area (TPSA) is 67.9 Å². The summed E-state index contributed by atoms with van der Waals surface area (Å²) in [6.07, 6.45) is 2.73. The summed E-state index contributed by atoms with van der Waals surface area (Å²) in [4.78, 5) is 27.5. The molecule has 1 aliphatic heterocycles. The second kappa shape index (κ2) is 11.0. The number of hydrogen-bond acceptors (Lipinski definition) is 4. The molecule has 0 saturated carbocycles. The molecule has 0 saturated heterocycles. The zero-order chi connectivity index (χ0) is 22.2. The van der Waals surface area contributed by atoms with Gasteiger partial charge in [0, 0.05) is 24.5 Å². The third-order valence-electron chi connectivity index (χ3n) is 5.30. The summed E-state index contributed by atoms with van der Waals surface area (Å²) < 4.78 is 10.8. The van der Waals surface area contributed by atoms with Crippen LogP contribution in [0.15, 0.2) is 42.5 Å². The molecular formula is C24H29ClN2O4. The number of carbonyl (C=O) groups is 2. The first-order valence-electron chi connectivity index (χ1n) is 10.7. The van der Waals surface area contributed by atoms with Gasteiger partial charge >= 0.3 is 0 Å². The Balaban J connectivity index is 1.69. The molecule has 31 heavy (non-hydrogen) atoms. The van der Waals surface area contributed by atoms with Crippen molar-refractivity contribution in [3.63, 3.8) is 0 Å². The normalized spacial score (nSPS) is 13.0. The second-order valence-electron chi connectivity index (χ2n) is 7.66. The van der Waals surface area contributed by atoms with Crippen LogP contribution in [-0.4, -0.2) is 36.1 Å². The van der Waals surface area contributed by atoms with E-state index in [4.69, 9.17) is 21.1 Å². The molecule has 0 radical (unpaired) electrons. The SMILES string of the molecule is CCCCNC(=O)[C@@H](C)N(Cc1cccc(Cl)c1)C(=O)CCc1ccc2c(c1)OCO2. The Morgan fingerprint density at radius 3 is 2.71 bits per heavy atom. The summed E-state index contributed by atoms with van der Waals surface area (Å²) in [5.41, 5.74) is 1.87. The van der Waals surface area contributed by atoms with Gasteiger partial charge in [0.05, 0.1) is 0 Å². The molecule has 2 amide bonds. The number of carbonyl (C=O) groups excluding carboxylic acids is 2. The fourth-order valence-electron chi connectivity index (χ4n) is 3.44. The van der Waals surface area contributed by atoms with Gasteiger partial charge in [0.15, 0.2) is 11.5 Å². The highest BCUT2D eigenvalue weighted by Gasteiger charge is 2.26. The van der Waals surface area contributed by atoms with Crippen molar-refractivity contribution in [1.82, 2.24) is 10.2 Å². The fourth-order valence-corrected chi connectivity index (χ4v) is 3.65. The predicted octanol–water partition coefficient (Wildman–Crippen LogP) is 4.33. The third-order valence-corrected chi connectivity index (χ3v) is 5.54. The molecule has 2 aromatic carbocycles. The minimum Gasteiger partial charge on any atom is -0.454 e. The zero-order valence-electron chi connectivity index (χ0n) is 18.0. The van der Waals surface area contributed by atoms with E-state index < -0.39 is 6.04 Å². The quantitative estimate of drug-likeness (QED) is 0.553. The first kappa shape index (κ1) is 22.9. The van der Waals surface area contributed by atoms with E-state index in [1.54, 1.807) is 17.9 Å². The lowest BCUT2D eigenvalue weighted by Crippen LogP contribution is -2.47. The minimum atomic E-state index is -0.583. The van der Waals surface area contributed by atoms with Crippen LogP contribution in [0.4, 0.5) is 0 Å². The number of unbranched alkanes of at least 4 members (excludes halogenated alkanes) is 1. The Labute approximate surface area is 188 Å². The lowest BCUT2D eigenvalue weighted by molar-refractivity contribution is -0.140. The maximum absolute atomic E-state index is 13.2. The molecule has 1 N–H and O–H groups in total. The Morgan fingerprint density at radius 2 is 1.94 bits per heavy atom. The van der Waals surface area contributed by atoms with Crippen LogP contribution < -0.4 is 14.8 Å². The van der Waals surface area contributed by atoms with Crippen molar-refractivity contribution in [2.24, 2.45) is 0 Å². The van der Waals surface area contributed by atoms with Crippen LogP contribution in [0, 0.1) is 0 Å². The molecule has 0 bridgehead atoms. The van der Waals surface area contributed by atoms with Gasteiger partial charge in [0.25, 0.3) is 0 Å². The Hall–Kier alpha value is -2.73. The highest BCUT2D eigenvalue weighted by Crippen LogP contribution is 2.32. The summed E-state index contributed by atoms with van der Waals surface area (Å²) in [5.74, 6) is 1.18. The number of nitrogens with one attached hydrogen (secondary N) is 1. The van der Waals surface area contributed by atoms with Crippen molar-refractivity contribution < 1.29 is 19.1 Å². The first-order valence-corrected chi connectivity index (χ1v) is 11.1. The standard InChI is InChI=1S/C24H29ClN2O4/c1-3-4-12-26-24(29)17(2)27(15-19-6-5-7-20(25)13-19)23(28)11-9-18-8-10-21-22(14-18)31-16-30-21/h5-8,10,13-14,17H,3-4,9,11-12,15-16H2,1-2H3,(H,26,29)/t17-/m1/s1. The molecular weight excluding hydrogens is 416 g/mol. The van der Waals surface area contributed by atoms with Gasteiger partial charge in [-0.1, -0.05) is 43.1 Å². The summed E-state index contributed by atoms with van der Waals surface area (Å²) in [7, 11) is 0. The number of halogens is 1. The molecule has 0 aromatic heterocycles. The van der Waals surface area contributed by atoms with E-state index in [0.717, 1.165) is 29.7 Å². The van der Waals surface area contributed by atoms with E-state index in [1.807, 2.05) is 36.4 Å². The third kappa shape index (κ3) is 6.37. The lowest BCUT2D eigenvalue weighted by Gasteiger charge is -2.29. The molecule has 3 rings (SSSR count). The lowest BCUT2D eigenvalue weighted by atomic mass is 10.1. The monoisotopic (exact) mass is 444 g/mol. The van der Waals surface area contributed by atoms with E-state index in [0.29, 0.717) is 30.3 Å². The van der Waals surface area contributed by atoms with Crippen molar-refractivity contribution in [2.75, 3.05) is 13.3 Å². The number of amides is 2. The first-order chi connectivity index (χ1) is 15.0. The van der Waals surface area contributed by atoms with Gasteiger partial charge in [-0.25, -0.2) is 0 Å². The van der Waals surface area contributed by atoms with Gasteiger partial charge in [-0.3, -0.25) is 9.59 Å². The van der Waals surface area contributed by atoms with Crippen LogP contribution in [0.3, 0.4) is 0 Å². The van der Waals surface area contributed by atoms with Crippen molar-refractivity contribution in [2.45, 2.75) is 52.1 Å². The summed E-state index contributed by atoms with van der Waals surface area (Å²) in [5, 5.41) is 3.53. The largest absolute Gasteiger partial charge is 0.454 e. The van der Waals surface area contributed by atoms with Gasteiger partial charge in [-0.15, -0.1) is 0 Å². The summed E-state index contributed by atoms with van der Waals surface area (Å²) in [6.45, 7) is 4.99. The van der Waals surface area contributed by atoms with E-state index in [9.17, 15) is 9.59 Å². The number of ether oxygens (including phenoxy) is 2. The van der Waals surface area contributed by atoms with Crippen LogP contribution >= 0.6 is 11.6 Å². The van der Waals surface area contributed by atoms with Crippen molar-refractivity contribution in [3.05, 3.63) is 58.6 Å². The van der Waals surface area contributed by atoms with E-state index in [-0.39, 0.29) is 25.0 Å². The molecule has 1 aliphatic rings. The van der Waals surface area contributed by atoms with E-state index in [1.165, 1.54) is 0 Å². The van der Waals surface area contributed by atoms with Crippen molar-refractivity contribution in [1.29, 1.82) is 0 Å². The molecule has 166 valence electrons. The van der Waals surface area contributed by atoms with Crippen molar-refractivity contribution >= 4 is 23.4 Å². The number of fused-ring (bicyclic) bond motifs is 1. The average molecular weight is 445 g/mol. The van der Waals surface area contributed by atoms with Crippen LogP contribution in [0.1, 0.15) is 44.2 Å². The molecule has 1 atom stereocenters. The summed E-state index contributed by atoms with van der Waals surface area (Å²) >= 11 is 6.12. The molecule has 7 heteroatoms. The Bertz CT molecular complexity index is 918. The van der Waals surface area contributed by atoms with Gasteiger partial charge < -0.3 is 19.7 Å². The highest BCUT2D eigenvalue weighted by molar-refractivity contribution is 6.30. The molecule has 0 unspecified atom stereocenters. The van der Waals surface area contributed by atoms with Gasteiger partial charge in [-0.2, -0.15) is 0 Å². The Morgan fingerprint density at radius 1 is 1.13 bits per heavy atom. The van der Waals surface area contributed by atoms with Crippen LogP contribution in [-0.2, 0) is 22.6 Å². The molecule has 2 aromatic rings. The summed E-state index contributed by atoms with van der Waals surface area (Å²) in [6, 6.07) is 12.5. The number of rotatable bonds is 10. The molecule has 6 nitrogen and oxygen atoms in total. The predicted molar refractivity (Wildman–Crippen MR) is 120 cm³/mol. The number of benzene rings is 2. The Kier molecular flexibility index (Phi) is 8.18. The highest BCUT2D eigenvalue weighted by atomic mass is 35.5. The second-order valence-corrected chi connectivity index (χ2v) is 8.10. The maximum Gasteiger partial charge on any atom is 0.242 e. The van der Waals surface area contributed by atoms with Crippen LogP contribution in [0.5, 0.6) is 11.5 Å². The van der Waals surface area contributed by atoms with Gasteiger partial charge in [0.2, 0.25) is 18.6 Å². The van der Waals surface area contributed by atoms with Gasteiger partial charge in [-0.05, 0) is 55.2 Å². The minimum absolute atomic E-state index is 0.0872. The molecule has 1 heterocycles. The molecule has 0 spiro atoms. The van der Waals surface area contributed by atoms with Crippen LogP contribution in [0.2, 0.25) is 5.02 Å². The smallest absolute Gasteiger partial charge is 0.242 e. The molecule has 0 fully saturated rings. The number of aryl methyl sites for hydroxylation is 1. The number of nitrogens with zero attached hydrogens (tertiary/aromatic N) is 1. The average Bonchev–Trinajstić information content (AvgIpc) is 3.23. The fraction of sp³-hybridized carbons (Fsp3) is 0.417. The van der Waals surface area contributed by atoms with Gasteiger partial charge in [0.1, 0.15) is 6.04 Å². The number of hydrogen-bond donors (Lipinski definition) is 1. The van der Waals surface area contributed by atoms with Crippen molar-refractivity contribution in [3.8, 4) is 11.5 Å². The maximum atomic E-state index is 13.2. The zero-order valence-corrected chi connectivity index (χ0v) is 18.8. The van der Waals surface area contributed by atoms with E-state index >= 15 is 0 Å². The molecule has 0 aliphatic carbocycles. The van der Waals surface area contributed by atoms with E-state index in [2.05, 4.69) is 12.2 Å². The van der Waals surface area contributed by atoms with Crippen LogP contribution in [0.25, 0.3) is 0 Å².